The highest BCUT2D eigenvalue weighted by molar-refractivity contribution is 5.69. The van der Waals surface area contributed by atoms with Gasteiger partial charge in [0.15, 0.2) is 12.6 Å². The molecule has 2 saturated heterocycles. The van der Waals surface area contributed by atoms with Crippen molar-refractivity contribution in [3.63, 3.8) is 0 Å². The van der Waals surface area contributed by atoms with Gasteiger partial charge in [0.25, 0.3) is 0 Å². The molecule has 14 nitrogen and oxygen atoms in total. The molecule has 2 rings (SSSR count). The van der Waals surface area contributed by atoms with Gasteiger partial charge in [0.05, 0.1) is 26.4 Å². The summed E-state index contributed by atoms with van der Waals surface area (Å²) in [6.45, 7) is 3.71. The lowest BCUT2D eigenvalue weighted by Gasteiger charge is -2.42. The third kappa shape index (κ3) is 36.3. The van der Waals surface area contributed by atoms with Crippen LogP contribution in [0, 0.1) is 0 Å². The van der Waals surface area contributed by atoms with Crippen molar-refractivity contribution in [2.45, 2.75) is 325 Å². The minimum Gasteiger partial charge on any atom is -0.457 e. The standard InChI is InChI=1S/C63H116O14/c1-3-5-7-9-11-13-15-17-19-21-23-24-25-26-27-29-31-33-35-37-39-41-43-45-47-72-49-52(75-55(65)46-44-42-40-38-36-34-32-30-28-22-20-18-16-14-12-10-8-6-4-2)50-73-62-61(71)59(69)57(67)54(77-62)51-74-63-60(70)58(68)56(66)53(48-64)76-63/h15,17-18,20-21,23,52-54,56-64,66-71H,3-14,16,19,22,24-51H2,1-2H3/b17-15-,20-18-,23-21-. The Bertz CT molecular complexity index is 1410. The zero-order chi connectivity index (χ0) is 55.8. The normalized spacial score (nSPS) is 24.5. The average Bonchev–Trinajstić information content (AvgIpc) is 3.43. The molecule has 7 N–H and O–H groups in total. The molecule has 0 amide bonds. The Labute approximate surface area is 468 Å². The SMILES string of the molecule is CCCCCCC/C=C\C/C=C\CCCCCCCCCCCCCCOCC(COC1OC(COC2OC(CO)C(O)C(O)C2O)C(O)C(O)C1O)OC(=O)CCCCCCCCCCC/C=C\CCCCCCCC. The Morgan fingerprint density at radius 1 is 0.429 bits per heavy atom. The van der Waals surface area contributed by atoms with Crippen LogP contribution in [0.5, 0.6) is 0 Å². The smallest absolute Gasteiger partial charge is 0.306 e. The van der Waals surface area contributed by atoms with Crippen LogP contribution in [-0.4, -0.2) is 142 Å². The highest BCUT2D eigenvalue weighted by Gasteiger charge is 2.47. The molecular weight excluding hydrogens is 981 g/mol. The maximum atomic E-state index is 13.1. The van der Waals surface area contributed by atoms with Gasteiger partial charge in [-0.05, 0) is 70.6 Å². The summed E-state index contributed by atoms with van der Waals surface area (Å²) in [6, 6.07) is 0. The van der Waals surface area contributed by atoms with E-state index in [-0.39, 0.29) is 25.6 Å². The van der Waals surface area contributed by atoms with Gasteiger partial charge < -0.3 is 64.2 Å². The van der Waals surface area contributed by atoms with Crippen molar-refractivity contribution in [2.24, 2.45) is 0 Å². The molecule has 11 atom stereocenters. The van der Waals surface area contributed by atoms with Crippen molar-refractivity contribution in [2.75, 3.05) is 33.0 Å². The summed E-state index contributed by atoms with van der Waals surface area (Å²) in [7, 11) is 0. The maximum absolute atomic E-state index is 13.1. The summed E-state index contributed by atoms with van der Waals surface area (Å²) in [6.07, 6.45) is 43.5. The van der Waals surface area contributed by atoms with Crippen LogP contribution in [0.25, 0.3) is 0 Å². The number of carbonyl (C=O) groups excluding carboxylic acids is 1. The van der Waals surface area contributed by atoms with E-state index in [9.17, 15) is 40.5 Å². The molecule has 0 spiro atoms. The van der Waals surface area contributed by atoms with Crippen molar-refractivity contribution in [3.8, 4) is 0 Å². The number of carbonyl (C=O) groups is 1. The number of allylic oxidation sites excluding steroid dienone is 6. The fraction of sp³-hybridized carbons (Fsp3) is 0.889. The van der Waals surface area contributed by atoms with Gasteiger partial charge in [-0.1, -0.05) is 217 Å². The Balaban J connectivity index is 1.68. The first-order valence-electron chi connectivity index (χ1n) is 31.6. The number of aliphatic hydroxyl groups excluding tert-OH is 7. The molecule has 0 aromatic heterocycles. The summed E-state index contributed by atoms with van der Waals surface area (Å²) < 4.78 is 34.5. The summed E-state index contributed by atoms with van der Waals surface area (Å²) in [5.41, 5.74) is 0. The molecule has 2 aliphatic heterocycles. The zero-order valence-electron chi connectivity index (χ0n) is 48.7. The van der Waals surface area contributed by atoms with Crippen LogP contribution in [0.15, 0.2) is 36.5 Å². The van der Waals surface area contributed by atoms with Gasteiger partial charge in [0, 0.05) is 13.0 Å². The molecule has 0 bridgehead atoms. The van der Waals surface area contributed by atoms with Gasteiger partial charge in [-0.15, -0.1) is 0 Å². The molecule has 2 aliphatic rings. The molecule has 2 heterocycles. The fourth-order valence-corrected chi connectivity index (χ4v) is 10.0. The first-order valence-corrected chi connectivity index (χ1v) is 31.6. The third-order valence-electron chi connectivity index (χ3n) is 15.1. The number of rotatable bonds is 52. The Morgan fingerprint density at radius 2 is 0.805 bits per heavy atom. The van der Waals surface area contributed by atoms with Crippen molar-refractivity contribution in [3.05, 3.63) is 36.5 Å². The van der Waals surface area contributed by atoms with E-state index in [1.807, 2.05) is 0 Å². The Kier molecular flexibility index (Phi) is 46.3. The minimum absolute atomic E-state index is 0.0620. The number of esters is 1. The molecule has 14 heteroatoms. The van der Waals surface area contributed by atoms with Crippen molar-refractivity contribution in [1.82, 2.24) is 0 Å². The Morgan fingerprint density at radius 3 is 1.26 bits per heavy atom. The number of unbranched alkanes of at least 4 members (excludes halogenated alkanes) is 32. The van der Waals surface area contributed by atoms with Gasteiger partial charge in [-0.3, -0.25) is 4.79 Å². The highest BCUT2D eigenvalue weighted by Crippen LogP contribution is 2.27. The summed E-state index contributed by atoms with van der Waals surface area (Å²) in [5, 5.41) is 72.5. The molecule has 0 radical (unpaired) electrons. The summed E-state index contributed by atoms with van der Waals surface area (Å²) >= 11 is 0. The zero-order valence-corrected chi connectivity index (χ0v) is 48.7. The Hall–Kier alpha value is -1.79. The predicted molar refractivity (Wildman–Crippen MR) is 307 cm³/mol. The molecule has 0 saturated carbocycles. The lowest BCUT2D eigenvalue weighted by molar-refractivity contribution is -0.332. The average molecular weight is 1100 g/mol. The van der Waals surface area contributed by atoms with Gasteiger partial charge >= 0.3 is 5.97 Å². The predicted octanol–water partition coefficient (Wildman–Crippen LogP) is 12.1. The summed E-state index contributed by atoms with van der Waals surface area (Å²) in [4.78, 5) is 13.1. The van der Waals surface area contributed by atoms with E-state index in [0.29, 0.717) is 13.0 Å². The van der Waals surface area contributed by atoms with Crippen LogP contribution >= 0.6 is 0 Å². The first kappa shape index (κ1) is 71.3. The molecular formula is C63H116O14. The van der Waals surface area contributed by atoms with E-state index in [4.69, 9.17) is 28.4 Å². The monoisotopic (exact) mass is 1100 g/mol. The van der Waals surface area contributed by atoms with Gasteiger partial charge in [-0.2, -0.15) is 0 Å². The molecule has 77 heavy (non-hydrogen) atoms. The van der Waals surface area contributed by atoms with Crippen molar-refractivity contribution >= 4 is 5.97 Å². The van der Waals surface area contributed by atoms with E-state index in [0.717, 1.165) is 44.9 Å². The largest absolute Gasteiger partial charge is 0.457 e. The van der Waals surface area contributed by atoms with Gasteiger partial charge in [0.1, 0.15) is 54.9 Å². The molecule has 0 aromatic carbocycles. The minimum atomic E-state index is -1.71. The molecule has 11 unspecified atom stereocenters. The van der Waals surface area contributed by atoms with E-state index in [1.54, 1.807) is 0 Å². The highest BCUT2D eigenvalue weighted by atomic mass is 16.7. The molecule has 0 aliphatic carbocycles. The second kappa shape index (κ2) is 50.0. The second-order valence-electron chi connectivity index (χ2n) is 22.2. The topological polar surface area (TPSA) is 214 Å². The second-order valence-corrected chi connectivity index (χ2v) is 22.2. The van der Waals surface area contributed by atoms with Gasteiger partial charge in [-0.25, -0.2) is 0 Å². The van der Waals surface area contributed by atoms with Crippen LogP contribution < -0.4 is 0 Å². The maximum Gasteiger partial charge on any atom is 0.306 e. The van der Waals surface area contributed by atoms with Crippen LogP contribution in [0.4, 0.5) is 0 Å². The number of aliphatic hydroxyl groups is 7. The van der Waals surface area contributed by atoms with Gasteiger partial charge in [0.2, 0.25) is 0 Å². The van der Waals surface area contributed by atoms with Crippen LogP contribution in [0.3, 0.4) is 0 Å². The third-order valence-corrected chi connectivity index (χ3v) is 15.1. The quantitative estimate of drug-likeness (QED) is 0.0172. The molecule has 0 aromatic rings. The van der Waals surface area contributed by atoms with E-state index in [1.165, 1.54) is 186 Å². The van der Waals surface area contributed by atoms with E-state index < -0.39 is 80.7 Å². The lowest BCUT2D eigenvalue weighted by atomic mass is 9.98. The lowest BCUT2D eigenvalue weighted by Crippen LogP contribution is -2.61. The van der Waals surface area contributed by atoms with Crippen molar-refractivity contribution < 1.29 is 69.0 Å². The van der Waals surface area contributed by atoms with E-state index >= 15 is 0 Å². The summed E-state index contributed by atoms with van der Waals surface area (Å²) in [5.74, 6) is -0.375. The van der Waals surface area contributed by atoms with Crippen molar-refractivity contribution in [1.29, 1.82) is 0 Å². The number of ether oxygens (including phenoxy) is 6. The number of hydrogen-bond donors (Lipinski definition) is 7. The first-order chi connectivity index (χ1) is 37.6. The van der Waals surface area contributed by atoms with Crippen LogP contribution in [-0.2, 0) is 33.2 Å². The van der Waals surface area contributed by atoms with Crippen LogP contribution in [0.1, 0.15) is 258 Å². The molecule has 2 fully saturated rings. The molecule has 452 valence electrons. The van der Waals surface area contributed by atoms with E-state index in [2.05, 4.69) is 50.3 Å². The number of hydrogen-bond acceptors (Lipinski definition) is 14. The van der Waals surface area contributed by atoms with Crippen LogP contribution in [0.2, 0.25) is 0 Å². The fourth-order valence-electron chi connectivity index (χ4n) is 10.0.